The predicted molar refractivity (Wildman–Crippen MR) is 76.5 cm³/mol. The molecule has 20 heavy (non-hydrogen) atoms. The van der Waals surface area contributed by atoms with E-state index in [0.717, 1.165) is 17.8 Å². The number of tetrazole rings is 1. The van der Waals surface area contributed by atoms with Crippen LogP contribution in [0.1, 0.15) is 47.1 Å². The molecule has 2 rings (SSSR count). The Kier molecular flexibility index (Phi) is 6.49. The van der Waals surface area contributed by atoms with E-state index in [1.165, 1.54) is 11.3 Å². The third-order valence-corrected chi connectivity index (χ3v) is 3.39. The van der Waals surface area contributed by atoms with Crippen LogP contribution in [0.4, 0.5) is 0 Å². The lowest BCUT2D eigenvalue weighted by Crippen LogP contribution is -2.29. The summed E-state index contributed by atoms with van der Waals surface area (Å²) in [5.74, 6) is 0.226. The van der Waals surface area contributed by atoms with Gasteiger partial charge in [-0.1, -0.05) is 18.6 Å². The second-order valence-corrected chi connectivity index (χ2v) is 4.86. The van der Waals surface area contributed by atoms with Gasteiger partial charge in [0.15, 0.2) is 5.82 Å². The van der Waals surface area contributed by atoms with E-state index in [4.69, 9.17) is 5.73 Å². The predicted octanol–water partition coefficient (Wildman–Crippen LogP) is 0.808. The fourth-order valence-corrected chi connectivity index (χ4v) is 2.27. The van der Waals surface area contributed by atoms with Gasteiger partial charge in [-0.25, -0.2) is 4.98 Å². The highest BCUT2D eigenvalue weighted by Gasteiger charge is 2.20. The Morgan fingerprint density at radius 1 is 1.60 bits per heavy atom. The van der Waals surface area contributed by atoms with Gasteiger partial charge in [0.25, 0.3) is 5.91 Å². The number of H-pyrrole nitrogens is 1. The van der Waals surface area contributed by atoms with E-state index in [2.05, 4.69) is 30.9 Å². The molecule has 0 bridgehead atoms. The quantitative estimate of drug-likeness (QED) is 0.724. The van der Waals surface area contributed by atoms with Crippen LogP contribution < -0.4 is 11.1 Å². The second kappa shape index (κ2) is 7.88. The number of thiazole rings is 1. The van der Waals surface area contributed by atoms with Gasteiger partial charge in [-0.3, -0.25) is 4.79 Å². The number of amides is 1. The maximum Gasteiger partial charge on any atom is 0.271 e. The summed E-state index contributed by atoms with van der Waals surface area (Å²) in [6.45, 7) is 2.36. The largest absolute Gasteiger partial charge is 0.340 e. The van der Waals surface area contributed by atoms with Gasteiger partial charge in [0, 0.05) is 11.9 Å². The zero-order valence-electron chi connectivity index (χ0n) is 10.9. The Balaban J connectivity index is 0.00000200. The highest BCUT2D eigenvalue weighted by Crippen LogP contribution is 2.15. The average Bonchev–Trinajstić information content (AvgIpc) is 3.09. The average molecular weight is 318 g/mol. The van der Waals surface area contributed by atoms with Crippen LogP contribution in [0.3, 0.4) is 0 Å². The topological polar surface area (TPSA) is 122 Å². The molecule has 0 spiro atoms. The van der Waals surface area contributed by atoms with Crippen molar-refractivity contribution < 1.29 is 4.79 Å². The van der Waals surface area contributed by atoms with Crippen LogP contribution >= 0.6 is 23.7 Å². The van der Waals surface area contributed by atoms with Crippen molar-refractivity contribution in [2.45, 2.75) is 32.4 Å². The van der Waals surface area contributed by atoms with E-state index in [1.807, 2.05) is 6.92 Å². The summed E-state index contributed by atoms with van der Waals surface area (Å²) in [4.78, 5) is 16.2. The lowest BCUT2D eigenvalue weighted by molar-refractivity contribution is 0.0928. The third-order valence-electron chi connectivity index (χ3n) is 2.52. The molecule has 0 aromatic carbocycles. The molecule has 2 aromatic heterocycles. The molecule has 0 aliphatic carbocycles. The van der Waals surface area contributed by atoms with Crippen molar-refractivity contribution in [3.8, 4) is 0 Å². The molecule has 2 aromatic rings. The molecule has 10 heteroatoms. The Hall–Kier alpha value is -1.58. The molecule has 1 unspecified atom stereocenters. The normalized spacial score (nSPS) is 11.7. The first-order valence-electron chi connectivity index (χ1n) is 5.93. The zero-order chi connectivity index (χ0) is 13.7. The minimum absolute atomic E-state index is 0. The van der Waals surface area contributed by atoms with Crippen LogP contribution in [0.25, 0.3) is 0 Å². The maximum absolute atomic E-state index is 12.1. The monoisotopic (exact) mass is 317 g/mol. The van der Waals surface area contributed by atoms with Crippen molar-refractivity contribution in [3.63, 3.8) is 0 Å². The molecule has 0 saturated heterocycles. The van der Waals surface area contributed by atoms with Crippen molar-refractivity contribution in [2.75, 3.05) is 0 Å². The van der Waals surface area contributed by atoms with Gasteiger partial charge >= 0.3 is 0 Å². The molecule has 1 atom stereocenters. The lowest BCUT2D eigenvalue weighted by atomic mass is 10.1. The number of rotatable bonds is 6. The summed E-state index contributed by atoms with van der Waals surface area (Å²) in [7, 11) is 0. The van der Waals surface area contributed by atoms with Crippen LogP contribution in [0.2, 0.25) is 0 Å². The molecule has 2 heterocycles. The summed E-state index contributed by atoms with van der Waals surface area (Å²) in [5.41, 5.74) is 5.84. The van der Waals surface area contributed by atoms with E-state index >= 15 is 0 Å². The molecule has 0 aliphatic heterocycles. The summed E-state index contributed by atoms with van der Waals surface area (Å²) in [6.07, 6.45) is 1.63. The number of carbonyl (C=O) groups excluding carboxylic acids is 1. The van der Waals surface area contributed by atoms with Gasteiger partial charge in [0.1, 0.15) is 10.7 Å². The first kappa shape index (κ1) is 16.5. The fourth-order valence-electron chi connectivity index (χ4n) is 1.61. The lowest BCUT2D eigenvalue weighted by Gasteiger charge is -2.13. The van der Waals surface area contributed by atoms with Crippen LogP contribution in [-0.4, -0.2) is 31.5 Å². The molecular formula is C10H16ClN7OS. The second-order valence-electron chi connectivity index (χ2n) is 3.92. The number of nitrogens with one attached hydrogen (secondary N) is 2. The van der Waals surface area contributed by atoms with Crippen molar-refractivity contribution in [1.82, 2.24) is 30.9 Å². The van der Waals surface area contributed by atoms with Gasteiger partial charge in [-0.15, -0.1) is 33.9 Å². The minimum Gasteiger partial charge on any atom is -0.340 e. The molecule has 0 aliphatic rings. The van der Waals surface area contributed by atoms with Gasteiger partial charge < -0.3 is 11.1 Å². The highest BCUT2D eigenvalue weighted by atomic mass is 35.5. The molecule has 0 radical (unpaired) electrons. The molecular weight excluding hydrogens is 302 g/mol. The Morgan fingerprint density at radius 2 is 2.40 bits per heavy atom. The zero-order valence-corrected chi connectivity index (χ0v) is 12.5. The van der Waals surface area contributed by atoms with E-state index in [9.17, 15) is 4.79 Å². The van der Waals surface area contributed by atoms with Gasteiger partial charge in [-0.2, -0.15) is 5.21 Å². The van der Waals surface area contributed by atoms with Crippen molar-refractivity contribution >= 4 is 29.7 Å². The van der Waals surface area contributed by atoms with E-state index in [0.29, 0.717) is 18.1 Å². The number of aromatic amines is 1. The van der Waals surface area contributed by atoms with Gasteiger partial charge in [-0.05, 0) is 6.42 Å². The molecule has 1 amide bonds. The first-order valence-corrected chi connectivity index (χ1v) is 6.81. The molecule has 0 saturated carbocycles. The van der Waals surface area contributed by atoms with Gasteiger partial charge in [0.05, 0.1) is 6.04 Å². The van der Waals surface area contributed by atoms with Crippen LogP contribution in [0.5, 0.6) is 0 Å². The third kappa shape index (κ3) is 3.95. The Labute approximate surface area is 126 Å². The first-order chi connectivity index (χ1) is 9.24. The highest BCUT2D eigenvalue weighted by molar-refractivity contribution is 7.09. The smallest absolute Gasteiger partial charge is 0.271 e. The number of hydrogen-bond acceptors (Lipinski definition) is 7. The van der Waals surface area contributed by atoms with Crippen LogP contribution in [-0.2, 0) is 6.54 Å². The number of halogens is 1. The van der Waals surface area contributed by atoms with Crippen molar-refractivity contribution in [2.24, 2.45) is 5.73 Å². The van der Waals surface area contributed by atoms with Crippen molar-refractivity contribution in [1.29, 1.82) is 0 Å². The van der Waals surface area contributed by atoms with E-state index in [1.54, 1.807) is 5.38 Å². The summed E-state index contributed by atoms with van der Waals surface area (Å²) >= 11 is 1.37. The number of nitrogens with two attached hydrogens (primary N) is 1. The summed E-state index contributed by atoms with van der Waals surface area (Å²) in [6, 6.07) is -0.265. The van der Waals surface area contributed by atoms with Crippen LogP contribution in [0, 0.1) is 0 Å². The van der Waals surface area contributed by atoms with Crippen molar-refractivity contribution in [3.05, 3.63) is 21.9 Å². The summed E-state index contributed by atoms with van der Waals surface area (Å²) < 4.78 is 0. The molecule has 0 fully saturated rings. The SMILES string of the molecule is CCCC(NC(=O)c1csc(CN)n1)c1nn[nH]n1.Cl. The standard InChI is InChI=1S/C10H15N7OS.ClH/c1-2-3-6(9-14-16-17-15-9)13-10(18)7-5-19-8(4-11)12-7;/h5-6H,2-4,11H2,1H3,(H,13,18)(H,14,15,16,17);1H. The van der Waals surface area contributed by atoms with Crippen LogP contribution in [0.15, 0.2) is 5.38 Å². The van der Waals surface area contributed by atoms with E-state index < -0.39 is 0 Å². The maximum atomic E-state index is 12.1. The molecule has 110 valence electrons. The number of aromatic nitrogens is 5. The summed E-state index contributed by atoms with van der Waals surface area (Å²) in [5, 5.41) is 19.0. The fraction of sp³-hybridized carbons (Fsp3) is 0.500. The number of carbonyl (C=O) groups is 1. The number of hydrogen-bond donors (Lipinski definition) is 3. The molecule has 8 nitrogen and oxygen atoms in total. The Bertz CT molecular complexity index is 529. The number of nitrogens with zero attached hydrogens (tertiary/aromatic N) is 4. The minimum atomic E-state index is -0.265. The molecule has 4 N–H and O–H groups in total. The van der Waals surface area contributed by atoms with E-state index in [-0.39, 0.29) is 24.4 Å². The Morgan fingerprint density at radius 3 is 2.95 bits per heavy atom. The van der Waals surface area contributed by atoms with Gasteiger partial charge in [0.2, 0.25) is 0 Å².